The van der Waals surface area contributed by atoms with E-state index in [1.807, 2.05) is 13.2 Å². The maximum atomic E-state index is 12.7. The van der Waals surface area contributed by atoms with Crippen molar-refractivity contribution in [3.8, 4) is 5.75 Å². The lowest BCUT2D eigenvalue weighted by molar-refractivity contribution is 0.0762. The summed E-state index contributed by atoms with van der Waals surface area (Å²) < 4.78 is 7.21. The number of aliphatic hydroxyl groups excluding tert-OH is 1. The number of carbonyl (C=O) groups excluding carboxylic acids is 1. The monoisotopic (exact) mass is 358 g/mol. The third-order valence-corrected chi connectivity index (χ3v) is 4.98. The highest BCUT2D eigenvalue weighted by atomic mass is 16.5. The summed E-state index contributed by atoms with van der Waals surface area (Å²) in [6.07, 6.45) is 3.16. The highest BCUT2D eigenvalue weighted by Crippen LogP contribution is 2.20. The van der Waals surface area contributed by atoms with E-state index in [1.54, 1.807) is 42.5 Å². The Morgan fingerprint density at radius 1 is 1.35 bits per heavy atom. The molecular weight excluding hydrogens is 332 g/mol. The van der Waals surface area contributed by atoms with E-state index in [-0.39, 0.29) is 11.9 Å². The van der Waals surface area contributed by atoms with Crippen LogP contribution in [-0.4, -0.2) is 69.8 Å². The maximum Gasteiger partial charge on any atom is 0.254 e. The van der Waals surface area contributed by atoms with Crippen LogP contribution in [0.25, 0.3) is 0 Å². The highest BCUT2D eigenvalue weighted by molar-refractivity contribution is 5.94. The molecule has 2 atom stereocenters. The number of aromatic nitrogens is 2. The summed E-state index contributed by atoms with van der Waals surface area (Å²) in [7, 11) is 3.56. The smallest absolute Gasteiger partial charge is 0.254 e. The molecule has 1 aliphatic heterocycles. The first-order valence-electron chi connectivity index (χ1n) is 8.85. The third kappa shape index (κ3) is 3.73. The van der Waals surface area contributed by atoms with Crippen LogP contribution in [0.15, 0.2) is 36.7 Å². The number of methoxy groups -OCH3 is 1. The standard InChI is InChI=1S/C19H26N4O3/c1-4-22-10-9-20-18(22)13-21(2)16-11-23(12-17(16)24)19(25)14-5-7-15(26-3)8-6-14/h5-10,16-17,24H,4,11-13H2,1-3H3/t16-,17-/m0/s1. The van der Waals surface area contributed by atoms with Gasteiger partial charge in [0.05, 0.1) is 25.8 Å². The van der Waals surface area contributed by atoms with Gasteiger partial charge in [0.25, 0.3) is 5.91 Å². The third-order valence-electron chi connectivity index (χ3n) is 4.98. The number of rotatable bonds is 6. The van der Waals surface area contributed by atoms with Crippen LogP contribution in [0.3, 0.4) is 0 Å². The van der Waals surface area contributed by atoms with Crippen LogP contribution in [0.1, 0.15) is 23.1 Å². The zero-order chi connectivity index (χ0) is 18.7. The van der Waals surface area contributed by atoms with Gasteiger partial charge in [-0.2, -0.15) is 0 Å². The molecule has 0 saturated carbocycles. The number of benzene rings is 1. The Hall–Kier alpha value is -2.38. The van der Waals surface area contributed by atoms with Gasteiger partial charge in [0.1, 0.15) is 11.6 Å². The number of β-amino-alcohol motifs (C(OH)–C–C–N with tert-alkyl or cyclic N) is 1. The number of hydrogen-bond acceptors (Lipinski definition) is 5. The van der Waals surface area contributed by atoms with E-state index in [9.17, 15) is 9.90 Å². The average Bonchev–Trinajstić information content (AvgIpc) is 3.27. The van der Waals surface area contributed by atoms with E-state index in [4.69, 9.17) is 4.74 Å². The molecule has 1 aromatic heterocycles. The molecule has 26 heavy (non-hydrogen) atoms. The van der Waals surface area contributed by atoms with Crippen LogP contribution in [0.2, 0.25) is 0 Å². The Bertz CT molecular complexity index is 743. The lowest BCUT2D eigenvalue weighted by Gasteiger charge is -2.26. The number of carbonyl (C=O) groups is 1. The molecule has 140 valence electrons. The summed E-state index contributed by atoms with van der Waals surface area (Å²) in [4.78, 5) is 20.9. The summed E-state index contributed by atoms with van der Waals surface area (Å²) in [5.41, 5.74) is 0.600. The molecule has 0 bridgehead atoms. The lowest BCUT2D eigenvalue weighted by atomic mass is 10.2. The number of aryl methyl sites for hydroxylation is 1. The molecule has 7 heteroatoms. The van der Waals surface area contributed by atoms with Crippen LogP contribution in [0.5, 0.6) is 5.75 Å². The van der Waals surface area contributed by atoms with Crippen molar-refractivity contribution in [1.29, 1.82) is 0 Å². The zero-order valence-corrected chi connectivity index (χ0v) is 15.5. The Balaban J connectivity index is 1.65. The number of amides is 1. The largest absolute Gasteiger partial charge is 0.497 e. The highest BCUT2D eigenvalue weighted by Gasteiger charge is 2.37. The molecule has 0 unspecified atom stereocenters. The molecule has 0 spiro atoms. The van der Waals surface area contributed by atoms with E-state index >= 15 is 0 Å². The van der Waals surface area contributed by atoms with Crippen LogP contribution >= 0.6 is 0 Å². The molecular formula is C19H26N4O3. The minimum Gasteiger partial charge on any atom is -0.497 e. The number of imidazole rings is 1. The normalized spacial score (nSPS) is 20.0. The fourth-order valence-electron chi connectivity index (χ4n) is 3.40. The average molecular weight is 358 g/mol. The van der Waals surface area contributed by atoms with Gasteiger partial charge in [-0.15, -0.1) is 0 Å². The zero-order valence-electron chi connectivity index (χ0n) is 15.5. The van der Waals surface area contributed by atoms with Crippen molar-refractivity contribution in [2.45, 2.75) is 32.2 Å². The SMILES string of the molecule is CCn1ccnc1CN(C)[C@H]1CN(C(=O)c2ccc(OC)cc2)C[C@@H]1O. The summed E-state index contributed by atoms with van der Waals surface area (Å²) >= 11 is 0. The summed E-state index contributed by atoms with van der Waals surface area (Å²) in [5, 5.41) is 10.5. The Morgan fingerprint density at radius 2 is 2.08 bits per heavy atom. The number of ether oxygens (including phenoxy) is 1. The Labute approximate surface area is 153 Å². The van der Waals surface area contributed by atoms with Crippen LogP contribution in [-0.2, 0) is 13.1 Å². The number of aliphatic hydroxyl groups is 1. The number of nitrogens with zero attached hydrogens (tertiary/aromatic N) is 4. The quantitative estimate of drug-likeness (QED) is 0.841. The second-order valence-corrected chi connectivity index (χ2v) is 6.62. The fourth-order valence-corrected chi connectivity index (χ4v) is 3.40. The molecule has 1 aliphatic rings. The Kier molecular flexibility index (Phi) is 5.58. The van der Waals surface area contributed by atoms with Crippen LogP contribution < -0.4 is 4.74 Å². The van der Waals surface area contributed by atoms with Crippen LogP contribution in [0, 0.1) is 0 Å². The molecule has 1 amide bonds. The van der Waals surface area contributed by atoms with Gasteiger partial charge in [0.2, 0.25) is 0 Å². The van der Waals surface area contributed by atoms with Crippen molar-refractivity contribution in [3.05, 3.63) is 48.0 Å². The molecule has 3 rings (SSSR count). The molecule has 1 saturated heterocycles. The van der Waals surface area contributed by atoms with E-state index in [1.165, 1.54) is 0 Å². The van der Waals surface area contributed by atoms with Crippen molar-refractivity contribution in [2.24, 2.45) is 0 Å². The van der Waals surface area contributed by atoms with E-state index < -0.39 is 6.10 Å². The predicted molar refractivity (Wildman–Crippen MR) is 98.1 cm³/mol. The van der Waals surface area contributed by atoms with Crippen LogP contribution in [0.4, 0.5) is 0 Å². The molecule has 2 heterocycles. The second-order valence-electron chi connectivity index (χ2n) is 6.62. The number of likely N-dealkylation sites (tertiary alicyclic amines) is 1. The van der Waals surface area contributed by atoms with Gasteiger partial charge in [-0.05, 0) is 38.2 Å². The van der Waals surface area contributed by atoms with Gasteiger partial charge in [0.15, 0.2) is 0 Å². The minimum atomic E-state index is -0.577. The first-order valence-corrected chi connectivity index (χ1v) is 8.85. The first kappa shape index (κ1) is 18.4. The van der Waals surface area contributed by atoms with Crippen molar-refractivity contribution in [2.75, 3.05) is 27.2 Å². The van der Waals surface area contributed by atoms with Gasteiger partial charge >= 0.3 is 0 Å². The summed E-state index contributed by atoms with van der Waals surface area (Å²) in [6.45, 7) is 4.40. The first-order chi connectivity index (χ1) is 12.5. The van der Waals surface area contributed by atoms with Crippen molar-refractivity contribution >= 4 is 5.91 Å². The summed E-state index contributed by atoms with van der Waals surface area (Å²) in [6, 6.07) is 6.94. The van der Waals surface area contributed by atoms with Gasteiger partial charge in [-0.3, -0.25) is 9.69 Å². The van der Waals surface area contributed by atoms with Gasteiger partial charge in [0, 0.05) is 37.6 Å². The van der Waals surface area contributed by atoms with Crippen molar-refractivity contribution in [1.82, 2.24) is 19.4 Å². The maximum absolute atomic E-state index is 12.7. The summed E-state index contributed by atoms with van der Waals surface area (Å²) in [5.74, 6) is 1.60. The predicted octanol–water partition coefficient (Wildman–Crippen LogP) is 1.23. The van der Waals surface area contributed by atoms with Gasteiger partial charge < -0.3 is 19.3 Å². The molecule has 0 radical (unpaired) electrons. The molecule has 1 aromatic carbocycles. The fraction of sp³-hybridized carbons (Fsp3) is 0.474. The molecule has 0 aliphatic carbocycles. The molecule has 1 fully saturated rings. The van der Waals surface area contributed by atoms with Gasteiger partial charge in [-0.1, -0.05) is 0 Å². The molecule has 2 aromatic rings. The Morgan fingerprint density at radius 3 is 2.73 bits per heavy atom. The lowest BCUT2D eigenvalue weighted by Crippen LogP contribution is -2.41. The molecule has 7 nitrogen and oxygen atoms in total. The number of likely N-dealkylation sites (N-methyl/N-ethyl adjacent to an activating group) is 1. The van der Waals surface area contributed by atoms with E-state index in [2.05, 4.69) is 21.4 Å². The topological polar surface area (TPSA) is 70.8 Å². The number of hydrogen-bond donors (Lipinski definition) is 1. The van der Waals surface area contributed by atoms with E-state index in [0.29, 0.717) is 30.9 Å². The van der Waals surface area contributed by atoms with Gasteiger partial charge in [-0.25, -0.2) is 4.98 Å². The minimum absolute atomic E-state index is 0.0716. The van der Waals surface area contributed by atoms with Crippen molar-refractivity contribution in [3.63, 3.8) is 0 Å². The second kappa shape index (κ2) is 7.88. The molecule has 1 N–H and O–H groups in total. The van der Waals surface area contributed by atoms with Crippen molar-refractivity contribution < 1.29 is 14.6 Å². The van der Waals surface area contributed by atoms with E-state index in [0.717, 1.165) is 12.4 Å².